The Bertz CT molecular complexity index is 1190. The van der Waals surface area contributed by atoms with Crippen molar-refractivity contribution in [2.45, 2.75) is 89.4 Å². The highest BCUT2D eigenvalue weighted by atomic mass is 16.5. The lowest BCUT2D eigenvalue weighted by molar-refractivity contribution is -0.152. The minimum Gasteiger partial charge on any atom is -0.494 e. The van der Waals surface area contributed by atoms with Crippen LogP contribution in [0.5, 0.6) is 5.75 Å². The molecule has 3 heterocycles. The average Bonchev–Trinajstić information content (AvgIpc) is 3.63. The predicted molar refractivity (Wildman–Crippen MR) is 171 cm³/mol. The molecule has 44 heavy (non-hydrogen) atoms. The van der Waals surface area contributed by atoms with Gasteiger partial charge in [0.05, 0.1) is 24.0 Å². The highest BCUT2D eigenvalue weighted by molar-refractivity contribution is 6.03. The summed E-state index contributed by atoms with van der Waals surface area (Å²) in [6, 6.07) is 6.57. The second-order valence-electron chi connectivity index (χ2n) is 12.2. The molecule has 1 aromatic rings. The molecule has 3 fully saturated rings. The lowest BCUT2D eigenvalue weighted by Crippen LogP contribution is -2.56. The number of carbonyl (C=O) groups excluding carboxylic acids is 3. The fourth-order valence-electron chi connectivity index (χ4n) is 7.66. The van der Waals surface area contributed by atoms with Gasteiger partial charge in [0.15, 0.2) is 0 Å². The van der Waals surface area contributed by atoms with Crippen molar-refractivity contribution in [3.63, 3.8) is 0 Å². The van der Waals surface area contributed by atoms with Crippen LogP contribution in [0, 0.1) is 11.8 Å². The van der Waals surface area contributed by atoms with Crippen LogP contribution >= 0.6 is 0 Å². The predicted octanol–water partition coefficient (Wildman–Crippen LogP) is 4.74. The van der Waals surface area contributed by atoms with Gasteiger partial charge in [-0.1, -0.05) is 32.4 Å². The highest BCUT2D eigenvalue weighted by Gasteiger charge is 2.79. The van der Waals surface area contributed by atoms with Gasteiger partial charge in [-0.05, 0) is 76.1 Å². The van der Waals surface area contributed by atoms with Crippen molar-refractivity contribution >= 4 is 23.4 Å². The molecule has 3 aliphatic heterocycles. The summed E-state index contributed by atoms with van der Waals surface area (Å²) < 4.78 is 12.6. The number of rotatable bonds is 18. The molecule has 0 saturated carbocycles. The maximum absolute atomic E-state index is 14.7. The summed E-state index contributed by atoms with van der Waals surface area (Å²) in [7, 11) is 0. The molecule has 3 saturated heterocycles. The molecular formula is C35H51N3O6. The number of hydrogen-bond donors (Lipinski definition) is 1. The largest absolute Gasteiger partial charge is 0.494 e. The Morgan fingerprint density at radius 1 is 1.05 bits per heavy atom. The molecule has 2 bridgehead atoms. The molecule has 1 N–H and O–H groups in total. The van der Waals surface area contributed by atoms with E-state index in [2.05, 4.69) is 20.1 Å². The van der Waals surface area contributed by atoms with Crippen LogP contribution in [0.15, 0.2) is 49.6 Å². The Morgan fingerprint density at radius 2 is 1.77 bits per heavy atom. The van der Waals surface area contributed by atoms with Crippen LogP contribution in [0.3, 0.4) is 0 Å². The Hall–Kier alpha value is -3.17. The Balaban J connectivity index is 1.76. The van der Waals surface area contributed by atoms with E-state index in [4.69, 9.17) is 9.47 Å². The first-order valence-corrected chi connectivity index (χ1v) is 16.4. The molecule has 9 heteroatoms. The van der Waals surface area contributed by atoms with E-state index in [1.807, 2.05) is 38.1 Å². The smallest absolute Gasteiger partial charge is 0.248 e. The number of fused-ring (bicyclic) bond motifs is 1. The van der Waals surface area contributed by atoms with Crippen molar-refractivity contribution in [3.8, 4) is 5.75 Å². The normalized spacial score (nSPS) is 26.9. The fourth-order valence-corrected chi connectivity index (χ4v) is 7.66. The van der Waals surface area contributed by atoms with Gasteiger partial charge in [0, 0.05) is 38.5 Å². The van der Waals surface area contributed by atoms with Crippen LogP contribution in [0.1, 0.15) is 72.1 Å². The third-order valence-electron chi connectivity index (χ3n) is 9.72. The first-order valence-electron chi connectivity index (χ1n) is 16.4. The van der Waals surface area contributed by atoms with E-state index >= 15 is 0 Å². The van der Waals surface area contributed by atoms with E-state index < -0.39 is 29.1 Å². The SMILES string of the molecule is C=CCN(CCCC)C(=O)C1N(CCCCCO)C(=O)[C@@H]2[C@H](C(=O)N(CC=C)c3ccc(OCC)cc3)[C@]3(CC)CCC12O3. The number of hydrogen-bond acceptors (Lipinski definition) is 6. The number of aliphatic hydroxyl groups excluding tert-OH is 1. The van der Waals surface area contributed by atoms with E-state index in [0.29, 0.717) is 69.8 Å². The molecular weight excluding hydrogens is 558 g/mol. The number of carbonyl (C=O) groups is 3. The van der Waals surface area contributed by atoms with Crippen LogP contribution in [-0.2, 0) is 19.1 Å². The van der Waals surface area contributed by atoms with Gasteiger partial charge >= 0.3 is 0 Å². The molecule has 242 valence electrons. The third-order valence-corrected chi connectivity index (χ3v) is 9.72. The first-order chi connectivity index (χ1) is 21.3. The van der Waals surface area contributed by atoms with Crippen molar-refractivity contribution in [1.29, 1.82) is 0 Å². The quantitative estimate of drug-likeness (QED) is 0.191. The van der Waals surface area contributed by atoms with Gasteiger partial charge in [0.2, 0.25) is 17.7 Å². The number of unbranched alkanes of at least 4 members (excludes halogenated alkanes) is 3. The van der Waals surface area contributed by atoms with Gasteiger partial charge in [-0.15, -0.1) is 13.2 Å². The standard InChI is InChI=1S/C35H51N3O6/c1-6-11-23-36(21-7-2)33(42)30-35-20-19-34(9-4,44-35)28(29(35)32(41)38(30)24-13-12-14-25-39)31(40)37(22-8-3)26-15-17-27(18-16-26)43-10-5/h7-8,15-18,28-30,39H,2-3,6,9-14,19-25H2,1,4-5H3/t28-,29+,30?,34+,35?/m1/s1. The van der Waals surface area contributed by atoms with Crippen LogP contribution in [0.4, 0.5) is 5.69 Å². The molecule has 0 aromatic heterocycles. The highest BCUT2D eigenvalue weighted by Crippen LogP contribution is 2.64. The van der Waals surface area contributed by atoms with Crippen molar-refractivity contribution in [3.05, 3.63) is 49.6 Å². The second-order valence-corrected chi connectivity index (χ2v) is 12.2. The minimum atomic E-state index is -1.08. The molecule has 0 aliphatic carbocycles. The van der Waals surface area contributed by atoms with Gasteiger partial charge in [0.25, 0.3) is 0 Å². The monoisotopic (exact) mass is 609 g/mol. The van der Waals surface area contributed by atoms with Gasteiger partial charge < -0.3 is 29.3 Å². The van der Waals surface area contributed by atoms with E-state index in [9.17, 15) is 19.5 Å². The Morgan fingerprint density at radius 3 is 2.39 bits per heavy atom. The lowest BCUT2D eigenvalue weighted by Gasteiger charge is -2.37. The lowest BCUT2D eigenvalue weighted by atomic mass is 9.64. The number of benzene rings is 1. The first kappa shape index (κ1) is 33.7. The van der Waals surface area contributed by atoms with Crippen LogP contribution < -0.4 is 9.64 Å². The topological polar surface area (TPSA) is 99.6 Å². The number of amides is 3. The zero-order chi connectivity index (χ0) is 31.9. The third kappa shape index (κ3) is 6.05. The van der Waals surface area contributed by atoms with Gasteiger partial charge in [-0.3, -0.25) is 14.4 Å². The van der Waals surface area contributed by atoms with Crippen LogP contribution in [0.25, 0.3) is 0 Å². The molecule has 1 aromatic carbocycles. The second kappa shape index (κ2) is 14.7. The number of anilines is 1. The number of aliphatic hydroxyl groups is 1. The summed E-state index contributed by atoms with van der Waals surface area (Å²) in [5.74, 6) is -1.28. The zero-order valence-electron chi connectivity index (χ0n) is 26.8. The summed E-state index contributed by atoms with van der Waals surface area (Å²) in [5.41, 5.74) is -1.22. The average molecular weight is 610 g/mol. The van der Waals surface area contributed by atoms with Crippen molar-refractivity contribution in [2.24, 2.45) is 11.8 Å². The van der Waals surface area contributed by atoms with E-state index in [0.717, 1.165) is 19.3 Å². The summed E-state index contributed by atoms with van der Waals surface area (Å²) in [6.07, 6.45) is 8.91. The van der Waals surface area contributed by atoms with E-state index in [1.54, 1.807) is 26.9 Å². The van der Waals surface area contributed by atoms with E-state index in [1.165, 1.54) is 0 Å². The molecule has 3 aliphatic rings. The number of likely N-dealkylation sites (tertiary alicyclic amines) is 1. The van der Waals surface area contributed by atoms with Gasteiger partial charge in [-0.25, -0.2) is 0 Å². The molecule has 4 rings (SSSR count). The zero-order valence-corrected chi connectivity index (χ0v) is 26.8. The molecule has 1 spiro atoms. The molecule has 2 unspecified atom stereocenters. The fraction of sp³-hybridized carbons (Fsp3) is 0.629. The van der Waals surface area contributed by atoms with Gasteiger partial charge in [0.1, 0.15) is 17.4 Å². The number of ether oxygens (including phenoxy) is 2. The molecule has 5 atom stereocenters. The molecule has 3 amide bonds. The number of nitrogens with zero attached hydrogens (tertiary/aromatic N) is 3. The Kier molecular flexibility index (Phi) is 11.3. The maximum Gasteiger partial charge on any atom is 0.248 e. The minimum absolute atomic E-state index is 0.0798. The van der Waals surface area contributed by atoms with Crippen LogP contribution in [0.2, 0.25) is 0 Å². The molecule has 9 nitrogen and oxygen atoms in total. The van der Waals surface area contributed by atoms with Crippen molar-refractivity contribution in [2.75, 3.05) is 44.3 Å². The van der Waals surface area contributed by atoms with Gasteiger partial charge in [-0.2, -0.15) is 0 Å². The summed E-state index contributed by atoms with van der Waals surface area (Å²) in [6.45, 7) is 16.0. The summed E-state index contributed by atoms with van der Waals surface area (Å²) >= 11 is 0. The summed E-state index contributed by atoms with van der Waals surface area (Å²) in [4.78, 5) is 48.9. The van der Waals surface area contributed by atoms with E-state index in [-0.39, 0.29) is 30.9 Å². The molecule has 0 radical (unpaired) electrons. The van der Waals surface area contributed by atoms with Crippen molar-refractivity contribution in [1.82, 2.24) is 9.80 Å². The van der Waals surface area contributed by atoms with Crippen molar-refractivity contribution < 1.29 is 29.0 Å². The summed E-state index contributed by atoms with van der Waals surface area (Å²) in [5, 5.41) is 9.34. The maximum atomic E-state index is 14.7. The Labute approximate surface area is 262 Å². The van der Waals surface area contributed by atoms with Crippen LogP contribution in [-0.4, -0.2) is 89.3 Å².